The maximum Gasteiger partial charge on any atom is 0.234 e. The summed E-state index contributed by atoms with van der Waals surface area (Å²) in [5.74, 6) is 0.126. The van der Waals surface area contributed by atoms with E-state index in [1.807, 2.05) is 0 Å². The predicted octanol–water partition coefficient (Wildman–Crippen LogP) is 1.29. The Labute approximate surface area is 86.6 Å². The van der Waals surface area contributed by atoms with Crippen LogP contribution in [0.4, 0.5) is 0 Å². The number of carbonyl (C=O) groups excluding carboxylic acids is 1. The molecule has 0 aromatic heterocycles. The molecule has 0 saturated heterocycles. The number of hydrogen-bond donors (Lipinski definition) is 2. The van der Waals surface area contributed by atoms with Crippen molar-refractivity contribution >= 4 is 5.91 Å². The summed E-state index contributed by atoms with van der Waals surface area (Å²) in [7, 11) is 0. The summed E-state index contributed by atoms with van der Waals surface area (Å²) < 4.78 is 0. The minimum Gasteiger partial charge on any atom is -0.352 e. The second-order valence-corrected chi connectivity index (χ2v) is 5.00. The molecule has 82 valence electrons. The van der Waals surface area contributed by atoms with Gasteiger partial charge in [-0.3, -0.25) is 4.79 Å². The van der Waals surface area contributed by atoms with Crippen LogP contribution in [-0.4, -0.2) is 24.5 Å². The molecule has 3 nitrogen and oxygen atoms in total. The molecule has 0 radical (unpaired) electrons. The summed E-state index contributed by atoms with van der Waals surface area (Å²) in [6, 6.07) is 0.821. The van der Waals surface area contributed by atoms with Gasteiger partial charge in [0.05, 0.1) is 6.54 Å². The van der Waals surface area contributed by atoms with Crippen LogP contribution in [0.2, 0.25) is 0 Å². The van der Waals surface area contributed by atoms with Crippen molar-refractivity contribution in [2.45, 2.75) is 52.6 Å². The lowest BCUT2D eigenvalue weighted by Gasteiger charge is -2.11. The van der Waals surface area contributed by atoms with Crippen molar-refractivity contribution in [2.24, 2.45) is 5.41 Å². The van der Waals surface area contributed by atoms with Crippen LogP contribution in [0, 0.1) is 5.41 Å². The van der Waals surface area contributed by atoms with Gasteiger partial charge in [0, 0.05) is 12.1 Å². The second-order valence-electron chi connectivity index (χ2n) is 5.00. The summed E-state index contributed by atoms with van der Waals surface area (Å²) >= 11 is 0. The SMILES string of the molecule is CCC(C)NCC(=O)NC1CC1(C)C. The van der Waals surface area contributed by atoms with E-state index in [4.69, 9.17) is 0 Å². The molecule has 0 bridgehead atoms. The summed E-state index contributed by atoms with van der Waals surface area (Å²) in [5, 5.41) is 6.20. The molecule has 1 aliphatic carbocycles. The monoisotopic (exact) mass is 198 g/mol. The van der Waals surface area contributed by atoms with Crippen LogP contribution in [0.1, 0.15) is 40.5 Å². The first-order valence-corrected chi connectivity index (χ1v) is 5.48. The van der Waals surface area contributed by atoms with E-state index in [1.165, 1.54) is 0 Å². The number of carbonyl (C=O) groups is 1. The Balaban J connectivity index is 2.12. The molecule has 1 fully saturated rings. The number of hydrogen-bond acceptors (Lipinski definition) is 2. The van der Waals surface area contributed by atoms with Gasteiger partial charge in [-0.15, -0.1) is 0 Å². The van der Waals surface area contributed by atoms with Crippen LogP contribution < -0.4 is 10.6 Å². The Kier molecular flexibility index (Phi) is 3.53. The minimum absolute atomic E-state index is 0.126. The van der Waals surface area contributed by atoms with Crippen molar-refractivity contribution in [2.75, 3.05) is 6.54 Å². The van der Waals surface area contributed by atoms with Crippen LogP contribution in [0.15, 0.2) is 0 Å². The Morgan fingerprint density at radius 3 is 2.57 bits per heavy atom. The van der Waals surface area contributed by atoms with E-state index in [2.05, 4.69) is 38.3 Å². The fourth-order valence-corrected chi connectivity index (χ4v) is 1.37. The van der Waals surface area contributed by atoms with Crippen LogP contribution in [-0.2, 0) is 4.79 Å². The molecule has 1 aliphatic rings. The van der Waals surface area contributed by atoms with Gasteiger partial charge < -0.3 is 10.6 Å². The lowest BCUT2D eigenvalue weighted by molar-refractivity contribution is -0.120. The van der Waals surface area contributed by atoms with Crippen LogP contribution >= 0.6 is 0 Å². The Bertz CT molecular complexity index is 213. The smallest absolute Gasteiger partial charge is 0.234 e. The predicted molar refractivity (Wildman–Crippen MR) is 58.1 cm³/mol. The van der Waals surface area contributed by atoms with Gasteiger partial charge in [0.15, 0.2) is 0 Å². The molecular formula is C11H22N2O. The van der Waals surface area contributed by atoms with Crippen molar-refractivity contribution in [3.05, 3.63) is 0 Å². The van der Waals surface area contributed by atoms with Crippen LogP contribution in [0.3, 0.4) is 0 Å². The molecule has 0 aliphatic heterocycles. The topological polar surface area (TPSA) is 41.1 Å². The third kappa shape index (κ3) is 3.29. The highest BCUT2D eigenvalue weighted by Gasteiger charge is 2.46. The molecule has 0 heterocycles. The molecule has 3 heteroatoms. The highest BCUT2D eigenvalue weighted by molar-refractivity contribution is 5.78. The molecule has 1 saturated carbocycles. The molecule has 1 rings (SSSR count). The van der Waals surface area contributed by atoms with E-state index in [0.717, 1.165) is 12.8 Å². The molecular weight excluding hydrogens is 176 g/mol. The summed E-state index contributed by atoms with van der Waals surface area (Å²) in [6.45, 7) is 9.01. The molecule has 2 atom stereocenters. The Hall–Kier alpha value is -0.570. The summed E-state index contributed by atoms with van der Waals surface area (Å²) in [5.41, 5.74) is 0.325. The van der Waals surface area contributed by atoms with Gasteiger partial charge in [-0.05, 0) is 25.2 Å². The number of amides is 1. The summed E-state index contributed by atoms with van der Waals surface area (Å²) in [6.07, 6.45) is 2.17. The van der Waals surface area contributed by atoms with Gasteiger partial charge >= 0.3 is 0 Å². The quantitative estimate of drug-likeness (QED) is 0.699. The van der Waals surface area contributed by atoms with Crippen molar-refractivity contribution < 1.29 is 4.79 Å². The molecule has 0 spiro atoms. The van der Waals surface area contributed by atoms with Crippen molar-refractivity contribution in [3.63, 3.8) is 0 Å². The van der Waals surface area contributed by atoms with Crippen molar-refractivity contribution in [3.8, 4) is 0 Å². The van der Waals surface area contributed by atoms with Gasteiger partial charge in [0.2, 0.25) is 5.91 Å². The largest absolute Gasteiger partial charge is 0.352 e. The van der Waals surface area contributed by atoms with Crippen LogP contribution in [0.25, 0.3) is 0 Å². The fourth-order valence-electron chi connectivity index (χ4n) is 1.37. The molecule has 0 aromatic rings. The first-order valence-electron chi connectivity index (χ1n) is 5.48. The highest BCUT2D eigenvalue weighted by atomic mass is 16.2. The van der Waals surface area contributed by atoms with E-state index in [0.29, 0.717) is 24.0 Å². The van der Waals surface area contributed by atoms with E-state index >= 15 is 0 Å². The van der Waals surface area contributed by atoms with Gasteiger partial charge in [-0.25, -0.2) is 0 Å². The second kappa shape index (κ2) is 4.30. The number of nitrogens with one attached hydrogen (secondary N) is 2. The average Bonchev–Trinajstić information content (AvgIpc) is 2.69. The zero-order chi connectivity index (χ0) is 10.8. The van der Waals surface area contributed by atoms with Gasteiger partial charge in [0.1, 0.15) is 0 Å². The minimum atomic E-state index is 0.126. The third-order valence-corrected chi connectivity index (χ3v) is 3.07. The standard InChI is InChI=1S/C11H22N2O/c1-5-8(2)12-7-10(14)13-9-6-11(9,3)4/h8-9,12H,5-7H2,1-4H3,(H,13,14). The maximum atomic E-state index is 11.4. The Morgan fingerprint density at radius 1 is 1.57 bits per heavy atom. The molecule has 2 unspecified atom stereocenters. The molecule has 14 heavy (non-hydrogen) atoms. The summed E-state index contributed by atoms with van der Waals surface area (Å²) in [4.78, 5) is 11.4. The van der Waals surface area contributed by atoms with Crippen molar-refractivity contribution in [1.82, 2.24) is 10.6 Å². The van der Waals surface area contributed by atoms with Gasteiger partial charge in [-0.1, -0.05) is 20.8 Å². The van der Waals surface area contributed by atoms with Crippen LogP contribution in [0.5, 0.6) is 0 Å². The molecule has 0 aromatic carbocycles. The van der Waals surface area contributed by atoms with Gasteiger partial charge in [-0.2, -0.15) is 0 Å². The Morgan fingerprint density at radius 2 is 2.14 bits per heavy atom. The third-order valence-electron chi connectivity index (χ3n) is 3.07. The fraction of sp³-hybridized carbons (Fsp3) is 0.909. The van der Waals surface area contributed by atoms with Gasteiger partial charge in [0.25, 0.3) is 0 Å². The lowest BCUT2D eigenvalue weighted by Crippen LogP contribution is -2.39. The normalized spacial score (nSPS) is 25.6. The molecule has 2 N–H and O–H groups in total. The zero-order valence-corrected chi connectivity index (χ0v) is 9.68. The zero-order valence-electron chi connectivity index (χ0n) is 9.68. The lowest BCUT2D eigenvalue weighted by atomic mass is 10.2. The number of rotatable bonds is 5. The average molecular weight is 198 g/mol. The highest BCUT2D eigenvalue weighted by Crippen LogP contribution is 2.44. The van der Waals surface area contributed by atoms with E-state index in [9.17, 15) is 4.79 Å². The molecule has 1 amide bonds. The van der Waals surface area contributed by atoms with Crippen molar-refractivity contribution in [1.29, 1.82) is 0 Å². The van der Waals surface area contributed by atoms with E-state index in [-0.39, 0.29) is 5.91 Å². The first-order chi connectivity index (χ1) is 6.45. The first kappa shape index (κ1) is 11.5. The van der Waals surface area contributed by atoms with E-state index < -0.39 is 0 Å². The van der Waals surface area contributed by atoms with E-state index in [1.54, 1.807) is 0 Å². The maximum absolute atomic E-state index is 11.4.